The molecule has 0 aromatic heterocycles. The van der Waals surface area contributed by atoms with Gasteiger partial charge >= 0.3 is 0 Å². The van der Waals surface area contributed by atoms with Gasteiger partial charge in [-0.15, -0.1) is 0 Å². The van der Waals surface area contributed by atoms with E-state index in [9.17, 15) is 13.2 Å². The lowest BCUT2D eigenvalue weighted by molar-refractivity contribution is -0.114. The fourth-order valence-corrected chi connectivity index (χ4v) is 3.03. The van der Waals surface area contributed by atoms with Gasteiger partial charge in [0.25, 0.3) is 0 Å². The van der Waals surface area contributed by atoms with Crippen molar-refractivity contribution in [3.8, 4) is 0 Å². The average molecular weight is 267 g/mol. The van der Waals surface area contributed by atoms with Gasteiger partial charge in [0.15, 0.2) is 9.84 Å². The molecule has 0 N–H and O–H groups in total. The number of halogens is 2. The highest BCUT2D eigenvalue weighted by molar-refractivity contribution is 7.92. The summed E-state index contributed by atoms with van der Waals surface area (Å²) in [5, 5.41) is 0.453. The Bertz CT molecular complexity index is 474. The van der Waals surface area contributed by atoms with Crippen LogP contribution in [0.25, 0.3) is 0 Å². The predicted molar refractivity (Wildman–Crippen MR) is 59.2 cm³/mol. The minimum atomic E-state index is -3.62. The van der Waals surface area contributed by atoms with Crippen molar-refractivity contribution in [2.45, 2.75) is 11.8 Å². The number of rotatable bonds is 3. The van der Waals surface area contributed by atoms with Gasteiger partial charge in [-0.1, -0.05) is 23.2 Å². The molecule has 6 heteroatoms. The molecular weight excluding hydrogens is 259 g/mol. The standard InChI is InChI=1S/C9H8Cl2O3S/c1-6(12)5-15(13,14)9-3-7(10)2-8(11)4-9/h2-4H,5H2,1H3. The highest BCUT2D eigenvalue weighted by atomic mass is 35.5. The Kier molecular flexibility index (Phi) is 3.76. The number of carbonyl (C=O) groups is 1. The third kappa shape index (κ3) is 3.48. The first-order valence-corrected chi connectivity index (χ1v) is 6.40. The first-order chi connectivity index (χ1) is 6.81. The molecule has 82 valence electrons. The molecule has 1 rings (SSSR count). The number of sulfone groups is 1. The van der Waals surface area contributed by atoms with Crippen molar-refractivity contribution in [1.29, 1.82) is 0 Å². The molecule has 1 aromatic carbocycles. The van der Waals surface area contributed by atoms with Gasteiger partial charge in [-0.25, -0.2) is 8.42 Å². The SMILES string of the molecule is CC(=O)CS(=O)(=O)c1cc(Cl)cc(Cl)c1. The monoisotopic (exact) mass is 266 g/mol. The van der Waals surface area contributed by atoms with Crippen molar-refractivity contribution in [3.05, 3.63) is 28.2 Å². The van der Waals surface area contributed by atoms with Gasteiger partial charge in [-0.2, -0.15) is 0 Å². The molecular formula is C9H8Cl2O3S. The van der Waals surface area contributed by atoms with Crippen LogP contribution in [-0.2, 0) is 14.6 Å². The van der Waals surface area contributed by atoms with E-state index in [-0.39, 0.29) is 14.9 Å². The van der Waals surface area contributed by atoms with E-state index in [0.29, 0.717) is 0 Å². The molecule has 0 saturated heterocycles. The fraction of sp³-hybridized carbons (Fsp3) is 0.222. The zero-order chi connectivity index (χ0) is 11.6. The highest BCUT2D eigenvalue weighted by Gasteiger charge is 2.17. The predicted octanol–water partition coefficient (Wildman–Crippen LogP) is 2.36. The molecule has 1 aromatic rings. The van der Waals surface area contributed by atoms with Crippen LogP contribution in [0, 0.1) is 0 Å². The van der Waals surface area contributed by atoms with Gasteiger partial charge in [0.1, 0.15) is 11.5 Å². The Morgan fingerprint density at radius 1 is 1.20 bits per heavy atom. The van der Waals surface area contributed by atoms with E-state index in [1.807, 2.05) is 0 Å². The molecule has 15 heavy (non-hydrogen) atoms. The van der Waals surface area contributed by atoms with Crippen LogP contribution in [0.1, 0.15) is 6.92 Å². The second-order valence-corrected chi connectivity index (χ2v) is 5.93. The summed E-state index contributed by atoms with van der Waals surface area (Å²) < 4.78 is 23.2. The molecule has 0 fully saturated rings. The van der Waals surface area contributed by atoms with Gasteiger partial charge in [0, 0.05) is 10.0 Å². The van der Waals surface area contributed by atoms with Crippen molar-refractivity contribution in [2.24, 2.45) is 0 Å². The van der Waals surface area contributed by atoms with E-state index in [4.69, 9.17) is 23.2 Å². The molecule has 3 nitrogen and oxygen atoms in total. The van der Waals surface area contributed by atoms with Crippen LogP contribution in [0.4, 0.5) is 0 Å². The summed E-state index contributed by atoms with van der Waals surface area (Å²) in [5.41, 5.74) is 0. The molecule has 0 amide bonds. The molecule has 0 heterocycles. The smallest absolute Gasteiger partial charge is 0.185 e. The van der Waals surface area contributed by atoms with E-state index in [2.05, 4.69) is 0 Å². The Morgan fingerprint density at radius 3 is 2.07 bits per heavy atom. The van der Waals surface area contributed by atoms with Crippen LogP contribution < -0.4 is 0 Å². The van der Waals surface area contributed by atoms with E-state index >= 15 is 0 Å². The van der Waals surface area contributed by atoms with Crippen LogP contribution in [0.15, 0.2) is 23.1 Å². The molecule has 0 atom stereocenters. The summed E-state index contributed by atoms with van der Waals surface area (Å²) in [5.74, 6) is -0.963. The van der Waals surface area contributed by atoms with Crippen LogP contribution >= 0.6 is 23.2 Å². The second-order valence-electron chi connectivity index (χ2n) is 3.07. The van der Waals surface area contributed by atoms with Gasteiger partial charge < -0.3 is 0 Å². The van der Waals surface area contributed by atoms with Crippen LogP contribution in [0.3, 0.4) is 0 Å². The van der Waals surface area contributed by atoms with Crippen molar-refractivity contribution >= 4 is 38.8 Å². The molecule has 0 unspecified atom stereocenters. The van der Waals surface area contributed by atoms with Gasteiger partial charge in [-0.05, 0) is 25.1 Å². The van der Waals surface area contributed by atoms with Crippen molar-refractivity contribution in [2.75, 3.05) is 5.75 Å². The summed E-state index contributed by atoms with van der Waals surface area (Å²) in [6.07, 6.45) is 0. The zero-order valence-corrected chi connectivity index (χ0v) is 10.2. The Balaban J connectivity index is 3.21. The van der Waals surface area contributed by atoms with E-state index < -0.39 is 21.4 Å². The number of hydrogen-bond acceptors (Lipinski definition) is 3. The highest BCUT2D eigenvalue weighted by Crippen LogP contribution is 2.23. The maximum atomic E-state index is 11.6. The molecule has 0 spiro atoms. The van der Waals surface area contributed by atoms with Crippen LogP contribution in [0.2, 0.25) is 10.0 Å². The first-order valence-electron chi connectivity index (χ1n) is 3.99. The lowest BCUT2D eigenvalue weighted by atomic mass is 10.4. The largest absolute Gasteiger partial charge is 0.299 e. The summed E-state index contributed by atoms with van der Waals surface area (Å²) in [4.78, 5) is 10.7. The number of Topliss-reactive ketones (excluding diaryl/α,β-unsaturated/α-hetero) is 1. The van der Waals surface area contributed by atoms with E-state index in [0.717, 1.165) is 0 Å². The number of hydrogen-bond donors (Lipinski definition) is 0. The lowest BCUT2D eigenvalue weighted by Gasteiger charge is -2.03. The zero-order valence-electron chi connectivity index (χ0n) is 7.83. The van der Waals surface area contributed by atoms with Crippen LogP contribution in [-0.4, -0.2) is 20.0 Å². The first kappa shape index (κ1) is 12.5. The molecule has 0 aliphatic carbocycles. The van der Waals surface area contributed by atoms with Crippen molar-refractivity contribution in [3.63, 3.8) is 0 Å². The summed E-state index contributed by atoms with van der Waals surface area (Å²) in [6, 6.07) is 3.97. The summed E-state index contributed by atoms with van der Waals surface area (Å²) in [6.45, 7) is 1.21. The molecule has 0 radical (unpaired) electrons. The third-order valence-corrected chi connectivity index (χ3v) is 3.77. The average Bonchev–Trinajstić information content (AvgIpc) is 1.99. The van der Waals surface area contributed by atoms with Gasteiger partial charge in [0.2, 0.25) is 0 Å². The van der Waals surface area contributed by atoms with Crippen molar-refractivity contribution in [1.82, 2.24) is 0 Å². The Morgan fingerprint density at radius 2 is 1.67 bits per heavy atom. The quantitative estimate of drug-likeness (QED) is 0.844. The topological polar surface area (TPSA) is 51.2 Å². The van der Waals surface area contributed by atoms with Gasteiger partial charge in [0.05, 0.1) is 4.90 Å². The number of benzene rings is 1. The third-order valence-electron chi connectivity index (χ3n) is 1.59. The maximum absolute atomic E-state index is 11.6. The fourth-order valence-electron chi connectivity index (χ4n) is 1.06. The summed E-state index contributed by atoms with van der Waals surface area (Å²) >= 11 is 11.3. The second kappa shape index (κ2) is 4.51. The minimum absolute atomic E-state index is 0.0322. The van der Waals surface area contributed by atoms with Crippen LogP contribution in [0.5, 0.6) is 0 Å². The lowest BCUT2D eigenvalue weighted by Crippen LogP contribution is -2.13. The minimum Gasteiger partial charge on any atom is -0.299 e. The Labute approximate surface area is 97.9 Å². The number of carbonyl (C=O) groups excluding carboxylic acids is 1. The molecule has 0 bridgehead atoms. The van der Waals surface area contributed by atoms with E-state index in [1.165, 1.54) is 25.1 Å². The molecule has 0 aliphatic heterocycles. The number of ketones is 1. The van der Waals surface area contributed by atoms with Gasteiger partial charge in [-0.3, -0.25) is 4.79 Å². The molecule has 0 aliphatic rings. The molecule has 0 saturated carbocycles. The summed E-state index contributed by atoms with van der Waals surface area (Å²) in [7, 11) is -3.62. The normalized spacial score (nSPS) is 11.4. The van der Waals surface area contributed by atoms with E-state index in [1.54, 1.807) is 0 Å². The Hall–Kier alpha value is -0.580. The maximum Gasteiger partial charge on any atom is 0.185 e. The van der Waals surface area contributed by atoms with Crippen molar-refractivity contribution < 1.29 is 13.2 Å².